The number of benzene rings is 1. The van der Waals surface area contributed by atoms with Gasteiger partial charge < -0.3 is 4.90 Å². The highest BCUT2D eigenvalue weighted by atomic mass is 32.1. The van der Waals surface area contributed by atoms with Crippen LogP contribution in [-0.4, -0.2) is 52.9 Å². The maximum Gasteiger partial charge on any atom is 0.265 e. The number of piperazine rings is 1. The molecule has 1 aromatic heterocycles. The van der Waals surface area contributed by atoms with Gasteiger partial charge in [-0.3, -0.25) is 9.69 Å². The summed E-state index contributed by atoms with van der Waals surface area (Å²) in [5, 5.41) is 0.922. The van der Waals surface area contributed by atoms with Crippen molar-refractivity contribution in [3.63, 3.8) is 0 Å². The zero-order valence-electron chi connectivity index (χ0n) is 13.1. The minimum atomic E-state index is 0.148. The number of carbonyl (C=O) groups is 1. The van der Waals surface area contributed by atoms with Crippen molar-refractivity contribution < 1.29 is 4.79 Å². The second-order valence-electron chi connectivity index (χ2n) is 6.33. The van der Waals surface area contributed by atoms with Gasteiger partial charge in [0.1, 0.15) is 9.88 Å². The highest BCUT2D eigenvalue weighted by molar-refractivity contribution is 7.16. The summed E-state index contributed by atoms with van der Waals surface area (Å²) in [6.45, 7) is 3.93. The van der Waals surface area contributed by atoms with Crippen LogP contribution in [0.4, 0.5) is 0 Å². The predicted octanol–water partition coefficient (Wildman–Crippen LogP) is 3.12. The number of aromatic nitrogens is 1. The summed E-state index contributed by atoms with van der Waals surface area (Å²) in [6, 6.07) is 10.6. The minimum absolute atomic E-state index is 0.148. The molecule has 4 rings (SSSR count). The Bertz CT molecular complexity index is 685. The summed E-state index contributed by atoms with van der Waals surface area (Å²) in [5.74, 6) is 0.148. The van der Waals surface area contributed by atoms with Crippen LogP contribution in [0.2, 0.25) is 0 Å². The molecule has 1 aromatic carbocycles. The molecule has 0 saturated carbocycles. The first-order valence-corrected chi connectivity index (χ1v) is 9.17. The van der Waals surface area contributed by atoms with E-state index in [-0.39, 0.29) is 5.91 Å². The van der Waals surface area contributed by atoms with E-state index in [0.29, 0.717) is 6.04 Å². The third-order valence-corrected chi connectivity index (χ3v) is 5.90. The van der Waals surface area contributed by atoms with E-state index in [1.54, 1.807) is 6.20 Å². The quantitative estimate of drug-likeness (QED) is 0.850. The van der Waals surface area contributed by atoms with E-state index < -0.39 is 0 Å². The fraction of sp³-hybridized carbons (Fsp3) is 0.444. The number of nitrogens with zero attached hydrogens (tertiary/aromatic N) is 3. The number of hydrogen-bond donors (Lipinski definition) is 0. The lowest BCUT2D eigenvalue weighted by molar-refractivity contribution is 0.0376. The normalized spacial score (nSPS) is 21.9. The number of amides is 1. The molecule has 5 heteroatoms. The van der Waals surface area contributed by atoms with E-state index >= 15 is 0 Å². The van der Waals surface area contributed by atoms with Crippen LogP contribution in [0.1, 0.15) is 28.9 Å². The summed E-state index contributed by atoms with van der Waals surface area (Å²) in [5.41, 5.74) is 1.08. The molecule has 4 nitrogen and oxygen atoms in total. The average molecular weight is 327 g/mol. The second-order valence-corrected chi connectivity index (χ2v) is 7.36. The molecule has 2 aliphatic rings. The molecule has 0 bridgehead atoms. The van der Waals surface area contributed by atoms with E-state index in [4.69, 9.17) is 0 Å². The number of thiazole rings is 1. The van der Waals surface area contributed by atoms with Crippen LogP contribution in [0.3, 0.4) is 0 Å². The van der Waals surface area contributed by atoms with Gasteiger partial charge in [-0.25, -0.2) is 4.98 Å². The molecule has 1 amide bonds. The Hall–Kier alpha value is -1.72. The molecule has 2 fully saturated rings. The number of carbonyl (C=O) groups excluding carboxylic acids is 1. The first-order valence-electron chi connectivity index (χ1n) is 8.36. The summed E-state index contributed by atoms with van der Waals surface area (Å²) in [6.07, 6.45) is 5.56. The Morgan fingerprint density at radius 2 is 2.00 bits per heavy atom. The van der Waals surface area contributed by atoms with Crippen molar-refractivity contribution in [3.05, 3.63) is 41.4 Å². The van der Waals surface area contributed by atoms with Crippen LogP contribution < -0.4 is 0 Å². The molecular weight excluding hydrogens is 306 g/mol. The Kier molecular flexibility index (Phi) is 4.14. The van der Waals surface area contributed by atoms with Gasteiger partial charge in [0, 0.05) is 31.2 Å². The van der Waals surface area contributed by atoms with Gasteiger partial charge in [-0.15, -0.1) is 11.3 Å². The summed E-state index contributed by atoms with van der Waals surface area (Å²) < 4.78 is 0. The lowest BCUT2D eigenvalue weighted by Crippen LogP contribution is -2.56. The third kappa shape index (κ3) is 3.03. The van der Waals surface area contributed by atoms with Crippen molar-refractivity contribution in [1.82, 2.24) is 14.8 Å². The molecule has 0 aliphatic carbocycles. The molecule has 2 saturated heterocycles. The number of hydrogen-bond acceptors (Lipinski definition) is 4. The van der Waals surface area contributed by atoms with Crippen molar-refractivity contribution >= 4 is 17.2 Å². The molecule has 0 unspecified atom stereocenters. The van der Waals surface area contributed by atoms with E-state index in [1.807, 2.05) is 35.2 Å². The number of rotatable bonds is 2. The SMILES string of the molecule is O=C(c1cnc(-c2ccccc2)s1)N1CCN2CCCC[C@@H]2C1. The first-order chi connectivity index (χ1) is 11.3. The minimum Gasteiger partial charge on any atom is -0.335 e. The van der Waals surface area contributed by atoms with E-state index in [1.165, 1.54) is 37.1 Å². The van der Waals surface area contributed by atoms with Crippen LogP contribution in [0.5, 0.6) is 0 Å². The largest absolute Gasteiger partial charge is 0.335 e. The molecular formula is C18H21N3OS. The van der Waals surface area contributed by atoms with Gasteiger partial charge in [0.15, 0.2) is 0 Å². The lowest BCUT2D eigenvalue weighted by atomic mass is 9.99. The van der Waals surface area contributed by atoms with Gasteiger partial charge in [0.2, 0.25) is 0 Å². The molecule has 0 spiro atoms. The van der Waals surface area contributed by atoms with Gasteiger partial charge in [-0.05, 0) is 19.4 Å². The average Bonchev–Trinajstić information content (AvgIpc) is 3.11. The summed E-state index contributed by atoms with van der Waals surface area (Å²) >= 11 is 1.50. The Balaban J connectivity index is 1.48. The monoisotopic (exact) mass is 327 g/mol. The molecule has 120 valence electrons. The zero-order chi connectivity index (χ0) is 15.6. The van der Waals surface area contributed by atoms with Crippen molar-refractivity contribution in [2.75, 3.05) is 26.2 Å². The van der Waals surface area contributed by atoms with Crippen LogP contribution in [0, 0.1) is 0 Å². The van der Waals surface area contributed by atoms with Crippen LogP contribution in [0.15, 0.2) is 36.5 Å². The Labute approximate surface area is 140 Å². The Morgan fingerprint density at radius 3 is 2.87 bits per heavy atom. The van der Waals surface area contributed by atoms with Crippen molar-refractivity contribution in [2.45, 2.75) is 25.3 Å². The maximum absolute atomic E-state index is 12.8. The van der Waals surface area contributed by atoms with Crippen molar-refractivity contribution in [3.8, 4) is 10.6 Å². The Morgan fingerprint density at radius 1 is 1.13 bits per heavy atom. The van der Waals surface area contributed by atoms with Gasteiger partial charge in [0.25, 0.3) is 5.91 Å². The van der Waals surface area contributed by atoms with E-state index in [2.05, 4.69) is 9.88 Å². The van der Waals surface area contributed by atoms with Crippen LogP contribution >= 0.6 is 11.3 Å². The van der Waals surface area contributed by atoms with Gasteiger partial charge in [-0.2, -0.15) is 0 Å². The molecule has 0 radical (unpaired) electrons. The molecule has 2 aliphatic heterocycles. The van der Waals surface area contributed by atoms with E-state index in [0.717, 1.165) is 35.1 Å². The topological polar surface area (TPSA) is 36.4 Å². The lowest BCUT2D eigenvalue weighted by Gasteiger charge is -2.43. The summed E-state index contributed by atoms with van der Waals surface area (Å²) in [4.78, 5) is 22.6. The number of piperidine rings is 1. The fourth-order valence-corrected chi connectivity index (χ4v) is 4.47. The fourth-order valence-electron chi connectivity index (χ4n) is 3.58. The maximum atomic E-state index is 12.8. The van der Waals surface area contributed by atoms with Crippen molar-refractivity contribution in [1.29, 1.82) is 0 Å². The van der Waals surface area contributed by atoms with Crippen LogP contribution in [0.25, 0.3) is 10.6 Å². The van der Waals surface area contributed by atoms with Crippen molar-refractivity contribution in [2.24, 2.45) is 0 Å². The second kappa shape index (κ2) is 6.42. The molecule has 2 aromatic rings. The van der Waals surface area contributed by atoms with Crippen LogP contribution in [-0.2, 0) is 0 Å². The highest BCUT2D eigenvalue weighted by Crippen LogP contribution is 2.27. The molecule has 0 N–H and O–H groups in total. The zero-order valence-corrected chi connectivity index (χ0v) is 14.0. The molecule has 1 atom stereocenters. The molecule has 3 heterocycles. The summed E-state index contributed by atoms with van der Waals surface area (Å²) in [7, 11) is 0. The molecule has 23 heavy (non-hydrogen) atoms. The first kappa shape index (κ1) is 14.8. The van der Waals surface area contributed by atoms with Gasteiger partial charge >= 0.3 is 0 Å². The standard InChI is InChI=1S/C18H21N3OS/c22-18(21-11-10-20-9-5-4-8-15(20)13-21)16-12-19-17(23-16)14-6-2-1-3-7-14/h1-3,6-7,12,15H,4-5,8-11,13H2/t15-/m1/s1. The smallest absolute Gasteiger partial charge is 0.265 e. The third-order valence-electron chi connectivity index (χ3n) is 4.86. The number of fused-ring (bicyclic) bond motifs is 1. The van der Waals surface area contributed by atoms with Gasteiger partial charge in [-0.1, -0.05) is 36.8 Å². The highest BCUT2D eigenvalue weighted by Gasteiger charge is 2.31. The van der Waals surface area contributed by atoms with E-state index in [9.17, 15) is 4.79 Å². The van der Waals surface area contributed by atoms with Gasteiger partial charge in [0.05, 0.1) is 6.20 Å². The predicted molar refractivity (Wildman–Crippen MR) is 92.7 cm³/mol.